The quantitative estimate of drug-likeness (QED) is 0.415. The van der Waals surface area contributed by atoms with Crippen molar-refractivity contribution in [1.82, 2.24) is 0 Å². The zero-order chi connectivity index (χ0) is 19.5. The second-order valence-electron chi connectivity index (χ2n) is 6.68. The van der Waals surface area contributed by atoms with Gasteiger partial charge in [-0.15, -0.1) is 0 Å². The zero-order valence-corrected chi connectivity index (χ0v) is 15.4. The maximum absolute atomic E-state index is 12.5. The van der Waals surface area contributed by atoms with Crippen LogP contribution in [0.2, 0.25) is 0 Å². The van der Waals surface area contributed by atoms with Crippen LogP contribution in [0.1, 0.15) is 21.7 Å². The molecule has 3 aromatic carbocycles. The minimum atomic E-state index is -0.408. The van der Waals surface area contributed by atoms with Gasteiger partial charge in [-0.05, 0) is 54.4 Å². The van der Waals surface area contributed by atoms with Crippen LogP contribution in [0.3, 0.4) is 0 Å². The van der Waals surface area contributed by atoms with Crippen LogP contribution < -0.4 is 10.6 Å². The number of amides is 1. The van der Waals surface area contributed by atoms with Crippen LogP contribution in [0.5, 0.6) is 5.75 Å². The molecule has 5 heteroatoms. The van der Waals surface area contributed by atoms with E-state index in [1.54, 1.807) is 18.2 Å². The SMILES string of the molecule is Cc1ccc(NC(=O)c2cc3cc(NCc4ccccc4)ccc3o2)c(O)c1. The highest BCUT2D eigenvalue weighted by atomic mass is 16.3. The van der Waals surface area contributed by atoms with Crippen molar-refractivity contribution in [3.63, 3.8) is 0 Å². The van der Waals surface area contributed by atoms with Gasteiger partial charge in [-0.2, -0.15) is 0 Å². The maximum Gasteiger partial charge on any atom is 0.291 e. The largest absolute Gasteiger partial charge is 0.506 e. The van der Waals surface area contributed by atoms with Crippen LogP contribution in [0, 0.1) is 6.92 Å². The Bertz CT molecular complexity index is 1130. The number of aromatic hydroxyl groups is 1. The molecular formula is C23H20N2O3. The molecule has 28 heavy (non-hydrogen) atoms. The number of phenols is 1. The fourth-order valence-electron chi connectivity index (χ4n) is 3.00. The molecule has 1 aromatic heterocycles. The number of carbonyl (C=O) groups excluding carboxylic acids is 1. The van der Waals surface area contributed by atoms with Crippen molar-refractivity contribution in [2.45, 2.75) is 13.5 Å². The number of aryl methyl sites for hydroxylation is 1. The number of rotatable bonds is 5. The monoisotopic (exact) mass is 372 g/mol. The second-order valence-corrected chi connectivity index (χ2v) is 6.68. The van der Waals surface area contributed by atoms with E-state index in [9.17, 15) is 9.90 Å². The Hall–Kier alpha value is -3.73. The van der Waals surface area contributed by atoms with E-state index in [0.29, 0.717) is 17.8 Å². The molecule has 5 nitrogen and oxygen atoms in total. The summed E-state index contributed by atoms with van der Waals surface area (Å²) in [6.07, 6.45) is 0. The topological polar surface area (TPSA) is 74.5 Å². The standard InChI is InChI=1S/C23H20N2O3/c1-15-7-9-19(20(26)11-15)25-23(27)22-13-17-12-18(8-10-21(17)28-22)24-14-16-5-3-2-4-6-16/h2-13,24,26H,14H2,1H3,(H,25,27). The van der Waals surface area contributed by atoms with E-state index in [1.165, 1.54) is 5.56 Å². The summed E-state index contributed by atoms with van der Waals surface area (Å²) < 4.78 is 5.66. The molecule has 0 aliphatic heterocycles. The van der Waals surface area contributed by atoms with Gasteiger partial charge in [0.15, 0.2) is 5.76 Å². The lowest BCUT2D eigenvalue weighted by molar-refractivity contribution is 0.0998. The summed E-state index contributed by atoms with van der Waals surface area (Å²) in [7, 11) is 0. The number of fused-ring (bicyclic) bond motifs is 1. The van der Waals surface area contributed by atoms with Crippen molar-refractivity contribution in [2.24, 2.45) is 0 Å². The normalized spacial score (nSPS) is 10.8. The van der Waals surface area contributed by atoms with Crippen molar-refractivity contribution >= 4 is 28.3 Å². The first-order valence-corrected chi connectivity index (χ1v) is 9.01. The summed E-state index contributed by atoms with van der Waals surface area (Å²) in [5, 5.41) is 16.8. The van der Waals surface area contributed by atoms with Gasteiger partial charge in [0.05, 0.1) is 5.69 Å². The van der Waals surface area contributed by atoms with E-state index in [0.717, 1.165) is 16.6 Å². The van der Waals surface area contributed by atoms with Crippen molar-refractivity contribution in [3.8, 4) is 5.75 Å². The van der Waals surface area contributed by atoms with Crippen LogP contribution in [-0.4, -0.2) is 11.0 Å². The smallest absolute Gasteiger partial charge is 0.291 e. The average molecular weight is 372 g/mol. The van der Waals surface area contributed by atoms with Gasteiger partial charge < -0.3 is 20.2 Å². The Kier molecular flexibility index (Phi) is 4.72. The molecular weight excluding hydrogens is 352 g/mol. The Morgan fingerprint density at radius 3 is 2.61 bits per heavy atom. The number of hydrogen-bond donors (Lipinski definition) is 3. The summed E-state index contributed by atoms with van der Waals surface area (Å²) in [6, 6.07) is 22.6. The van der Waals surface area contributed by atoms with Crippen LogP contribution in [-0.2, 0) is 6.54 Å². The molecule has 4 aromatic rings. The van der Waals surface area contributed by atoms with Crippen LogP contribution in [0.4, 0.5) is 11.4 Å². The Morgan fingerprint density at radius 2 is 1.82 bits per heavy atom. The molecule has 3 N–H and O–H groups in total. The van der Waals surface area contributed by atoms with Gasteiger partial charge in [0.2, 0.25) is 0 Å². The molecule has 0 saturated heterocycles. The number of nitrogens with one attached hydrogen (secondary N) is 2. The number of carbonyl (C=O) groups is 1. The first-order valence-electron chi connectivity index (χ1n) is 9.01. The molecule has 1 heterocycles. The van der Waals surface area contributed by atoms with E-state index >= 15 is 0 Å². The number of furan rings is 1. The Balaban J connectivity index is 1.50. The van der Waals surface area contributed by atoms with E-state index in [-0.39, 0.29) is 11.5 Å². The highest BCUT2D eigenvalue weighted by molar-refractivity contribution is 6.05. The van der Waals surface area contributed by atoms with Crippen molar-refractivity contribution in [2.75, 3.05) is 10.6 Å². The number of hydrogen-bond acceptors (Lipinski definition) is 4. The summed E-state index contributed by atoms with van der Waals surface area (Å²) in [5.74, 6) is -0.193. The third-order valence-corrected chi connectivity index (χ3v) is 4.48. The van der Waals surface area contributed by atoms with E-state index in [2.05, 4.69) is 22.8 Å². The second kappa shape index (κ2) is 7.48. The fourth-order valence-corrected chi connectivity index (χ4v) is 3.00. The van der Waals surface area contributed by atoms with E-state index in [4.69, 9.17) is 4.42 Å². The number of benzene rings is 3. The Morgan fingerprint density at radius 1 is 1.00 bits per heavy atom. The predicted octanol–water partition coefficient (Wildman–Crippen LogP) is 5.31. The van der Waals surface area contributed by atoms with Gasteiger partial charge >= 0.3 is 0 Å². The lowest BCUT2D eigenvalue weighted by Gasteiger charge is -2.06. The third kappa shape index (κ3) is 3.83. The molecule has 1 amide bonds. The van der Waals surface area contributed by atoms with Gasteiger partial charge in [0.25, 0.3) is 5.91 Å². The highest BCUT2D eigenvalue weighted by Crippen LogP contribution is 2.27. The molecule has 0 spiro atoms. The van der Waals surface area contributed by atoms with Crippen LogP contribution in [0.25, 0.3) is 11.0 Å². The average Bonchev–Trinajstić information content (AvgIpc) is 3.13. The summed E-state index contributed by atoms with van der Waals surface area (Å²) >= 11 is 0. The number of phenolic OH excluding ortho intramolecular Hbond substituents is 1. The number of anilines is 2. The summed E-state index contributed by atoms with van der Waals surface area (Å²) in [5.41, 5.74) is 4.02. The molecule has 0 atom stereocenters. The fraction of sp³-hybridized carbons (Fsp3) is 0.0870. The molecule has 4 rings (SSSR count). The van der Waals surface area contributed by atoms with E-state index in [1.807, 2.05) is 49.4 Å². The van der Waals surface area contributed by atoms with Gasteiger partial charge in [-0.1, -0.05) is 36.4 Å². The zero-order valence-electron chi connectivity index (χ0n) is 15.4. The molecule has 0 bridgehead atoms. The highest BCUT2D eigenvalue weighted by Gasteiger charge is 2.14. The van der Waals surface area contributed by atoms with Crippen molar-refractivity contribution in [3.05, 3.63) is 89.7 Å². The van der Waals surface area contributed by atoms with E-state index < -0.39 is 5.91 Å². The molecule has 140 valence electrons. The molecule has 0 fully saturated rings. The molecule has 0 saturated carbocycles. The first-order chi connectivity index (χ1) is 13.6. The minimum Gasteiger partial charge on any atom is -0.506 e. The third-order valence-electron chi connectivity index (χ3n) is 4.48. The molecule has 0 aliphatic rings. The molecule has 0 aliphatic carbocycles. The van der Waals surface area contributed by atoms with Crippen LogP contribution in [0.15, 0.2) is 77.2 Å². The first kappa shape index (κ1) is 17.7. The summed E-state index contributed by atoms with van der Waals surface area (Å²) in [4.78, 5) is 12.5. The van der Waals surface area contributed by atoms with Gasteiger partial charge in [0.1, 0.15) is 11.3 Å². The van der Waals surface area contributed by atoms with Gasteiger partial charge in [-0.25, -0.2) is 0 Å². The lowest BCUT2D eigenvalue weighted by Crippen LogP contribution is -2.10. The Labute approximate surface area is 162 Å². The van der Waals surface area contributed by atoms with Crippen molar-refractivity contribution in [1.29, 1.82) is 0 Å². The maximum atomic E-state index is 12.5. The van der Waals surface area contributed by atoms with Crippen molar-refractivity contribution < 1.29 is 14.3 Å². The lowest BCUT2D eigenvalue weighted by atomic mass is 10.2. The minimum absolute atomic E-state index is 0.0249. The van der Waals surface area contributed by atoms with Gasteiger partial charge in [0, 0.05) is 17.6 Å². The van der Waals surface area contributed by atoms with Gasteiger partial charge in [-0.3, -0.25) is 4.79 Å². The van der Waals surface area contributed by atoms with Crippen LogP contribution >= 0.6 is 0 Å². The summed E-state index contributed by atoms with van der Waals surface area (Å²) in [6.45, 7) is 2.58. The predicted molar refractivity (Wildman–Crippen MR) is 111 cm³/mol. The molecule has 0 radical (unpaired) electrons. The molecule has 0 unspecified atom stereocenters.